The minimum absolute atomic E-state index is 0.189. The summed E-state index contributed by atoms with van der Waals surface area (Å²) in [6.07, 6.45) is 2.53. The summed E-state index contributed by atoms with van der Waals surface area (Å²) in [6, 6.07) is 8.36. The Kier molecular flexibility index (Phi) is 4.03. The number of benzene rings is 1. The van der Waals surface area contributed by atoms with E-state index in [9.17, 15) is 9.90 Å². The van der Waals surface area contributed by atoms with Crippen molar-refractivity contribution >= 4 is 5.91 Å². The Bertz CT molecular complexity index is 489. The zero-order valence-corrected chi connectivity index (χ0v) is 11.8. The number of hydrogen-bond acceptors (Lipinski definition) is 3. The first-order valence-electron chi connectivity index (χ1n) is 7.47. The molecule has 2 heterocycles. The summed E-state index contributed by atoms with van der Waals surface area (Å²) >= 11 is 0. The number of rotatable bonds is 2. The van der Waals surface area contributed by atoms with Crippen molar-refractivity contribution in [3.8, 4) is 0 Å². The molecule has 2 aliphatic heterocycles. The third-order valence-electron chi connectivity index (χ3n) is 4.32. The van der Waals surface area contributed by atoms with E-state index in [1.165, 1.54) is 11.1 Å². The number of aliphatic hydroxyl groups is 1. The highest BCUT2D eigenvalue weighted by molar-refractivity contribution is 5.78. The van der Waals surface area contributed by atoms with E-state index in [1.807, 2.05) is 11.0 Å². The maximum absolute atomic E-state index is 12.4. The molecule has 0 radical (unpaired) electrons. The maximum Gasteiger partial charge on any atom is 0.237 e. The fourth-order valence-electron chi connectivity index (χ4n) is 3.17. The Morgan fingerprint density at radius 3 is 2.85 bits per heavy atom. The van der Waals surface area contributed by atoms with Crippen LogP contribution in [0.15, 0.2) is 24.3 Å². The van der Waals surface area contributed by atoms with Gasteiger partial charge in [0, 0.05) is 19.6 Å². The average molecular weight is 274 g/mol. The minimum atomic E-state index is -0.265. The Balaban J connectivity index is 1.59. The van der Waals surface area contributed by atoms with Crippen LogP contribution in [0.5, 0.6) is 0 Å². The summed E-state index contributed by atoms with van der Waals surface area (Å²) in [6.45, 7) is 3.54. The molecule has 108 valence electrons. The van der Waals surface area contributed by atoms with E-state index in [2.05, 4.69) is 23.1 Å². The number of amides is 1. The highest BCUT2D eigenvalue weighted by atomic mass is 16.3. The van der Waals surface area contributed by atoms with Crippen molar-refractivity contribution in [3.63, 3.8) is 0 Å². The van der Waals surface area contributed by atoms with Crippen molar-refractivity contribution < 1.29 is 9.90 Å². The second-order valence-electron chi connectivity index (χ2n) is 5.87. The van der Waals surface area contributed by atoms with Gasteiger partial charge in [0.1, 0.15) is 0 Å². The molecule has 0 unspecified atom stereocenters. The van der Waals surface area contributed by atoms with Gasteiger partial charge in [-0.25, -0.2) is 0 Å². The summed E-state index contributed by atoms with van der Waals surface area (Å²) < 4.78 is 0. The van der Waals surface area contributed by atoms with Crippen molar-refractivity contribution in [1.82, 2.24) is 9.80 Å². The summed E-state index contributed by atoms with van der Waals surface area (Å²) in [5, 5.41) is 9.67. The molecule has 1 saturated heterocycles. The molecule has 4 nitrogen and oxygen atoms in total. The molecule has 20 heavy (non-hydrogen) atoms. The third-order valence-corrected chi connectivity index (χ3v) is 4.32. The van der Waals surface area contributed by atoms with Crippen LogP contribution in [0, 0.1) is 0 Å². The number of aliphatic hydroxyl groups excluding tert-OH is 1. The lowest BCUT2D eigenvalue weighted by Gasteiger charge is -2.33. The van der Waals surface area contributed by atoms with Crippen molar-refractivity contribution in [1.29, 1.82) is 0 Å². The van der Waals surface area contributed by atoms with Crippen molar-refractivity contribution in [2.75, 3.05) is 26.2 Å². The zero-order chi connectivity index (χ0) is 13.9. The molecule has 0 saturated carbocycles. The average Bonchev–Trinajstić information content (AvgIpc) is 2.47. The Morgan fingerprint density at radius 2 is 2.05 bits per heavy atom. The van der Waals surface area contributed by atoms with Crippen LogP contribution in [-0.2, 0) is 17.8 Å². The lowest BCUT2D eigenvalue weighted by molar-refractivity contribution is -0.134. The Hall–Kier alpha value is -1.39. The third kappa shape index (κ3) is 3.02. The van der Waals surface area contributed by atoms with Gasteiger partial charge in [0.15, 0.2) is 0 Å². The molecular formula is C16H22N2O2. The number of hydrogen-bond donors (Lipinski definition) is 1. The lowest BCUT2D eigenvalue weighted by atomic mass is 10.00. The van der Waals surface area contributed by atoms with Gasteiger partial charge in [-0.15, -0.1) is 0 Å². The van der Waals surface area contributed by atoms with Crippen LogP contribution in [0.3, 0.4) is 0 Å². The molecule has 0 aromatic heterocycles. The predicted octanol–water partition coefficient (Wildman–Crippen LogP) is 1.03. The first-order valence-corrected chi connectivity index (χ1v) is 7.47. The molecule has 1 fully saturated rings. The van der Waals surface area contributed by atoms with Crippen molar-refractivity contribution in [2.24, 2.45) is 0 Å². The van der Waals surface area contributed by atoms with E-state index >= 15 is 0 Å². The van der Waals surface area contributed by atoms with Gasteiger partial charge in [0.05, 0.1) is 12.6 Å². The first kappa shape index (κ1) is 13.6. The van der Waals surface area contributed by atoms with E-state index in [4.69, 9.17) is 0 Å². The molecule has 0 bridgehead atoms. The number of fused-ring (bicyclic) bond motifs is 1. The van der Waals surface area contributed by atoms with Gasteiger partial charge >= 0.3 is 0 Å². The van der Waals surface area contributed by atoms with Crippen LogP contribution in [0.4, 0.5) is 0 Å². The molecule has 1 aromatic carbocycles. The SMILES string of the molecule is O=C(CN1CCC[C@H](O)C1)N1CCc2ccccc2C1. The number of carbonyl (C=O) groups excluding carboxylic acids is 1. The molecule has 1 N–H and O–H groups in total. The van der Waals surface area contributed by atoms with Gasteiger partial charge in [-0.05, 0) is 36.9 Å². The molecular weight excluding hydrogens is 252 g/mol. The fourth-order valence-corrected chi connectivity index (χ4v) is 3.17. The Morgan fingerprint density at radius 1 is 1.25 bits per heavy atom. The fraction of sp³-hybridized carbons (Fsp3) is 0.562. The zero-order valence-electron chi connectivity index (χ0n) is 11.8. The van der Waals surface area contributed by atoms with E-state index in [1.54, 1.807) is 0 Å². The van der Waals surface area contributed by atoms with Crippen LogP contribution < -0.4 is 0 Å². The molecule has 4 heteroatoms. The van der Waals surface area contributed by atoms with Gasteiger partial charge in [-0.1, -0.05) is 24.3 Å². The summed E-state index contributed by atoms with van der Waals surface area (Å²) in [7, 11) is 0. The number of piperidine rings is 1. The van der Waals surface area contributed by atoms with Crippen molar-refractivity contribution in [3.05, 3.63) is 35.4 Å². The van der Waals surface area contributed by atoms with Gasteiger partial charge in [-0.3, -0.25) is 9.69 Å². The van der Waals surface area contributed by atoms with Gasteiger partial charge in [-0.2, -0.15) is 0 Å². The predicted molar refractivity (Wildman–Crippen MR) is 77.2 cm³/mol. The standard InChI is InChI=1S/C16H22N2O2/c19-15-6-3-8-17(11-15)12-16(20)18-9-7-13-4-1-2-5-14(13)10-18/h1-2,4-5,15,19H,3,6-12H2/t15-/m0/s1. The maximum atomic E-state index is 12.4. The van der Waals surface area contributed by atoms with E-state index in [0.717, 1.165) is 38.9 Å². The lowest BCUT2D eigenvalue weighted by Crippen LogP contribution is -2.46. The minimum Gasteiger partial charge on any atom is -0.392 e. The molecule has 0 aliphatic carbocycles. The number of likely N-dealkylation sites (tertiary alicyclic amines) is 1. The van der Waals surface area contributed by atoms with Crippen molar-refractivity contribution in [2.45, 2.75) is 31.9 Å². The highest BCUT2D eigenvalue weighted by Crippen LogP contribution is 2.19. The molecule has 1 amide bonds. The first-order chi connectivity index (χ1) is 9.72. The monoisotopic (exact) mass is 274 g/mol. The molecule has 3 rings (SSSR count). The van der Waals surface area contributed by atoms with E-state index in [-0.39, 0.29) is 12.0 Å². The summed E-state index contributed by atoms with van der Waals surface area (Å²) in [4.78, 5) is 16.4. The molecule has 1 aromatic rings. The Labute approximate surface area is 120 Å². The number of carbonyl (C=O) groups is 1. The van der Waals surface area contributed by atoms with E-state index < -0.39 is 0 Å². The second-order valence-corrected chi connectivity index (χ2v) is 5.87. The summed E-state index contributed by atoms with van der Waals surface area (Å²) in [5.41, 5.74) is 2.63. The quantitative estimate of drug-likeness (QED) is 0.876. The van der Waals surface area contributed by atoms with Gasteiger partial charge < -0.3 is 10.0 Å². The number of nitrogens with zero attached hydrogens (tertiary/aromatic N) is 2. The van der Waals surface area contributed by atoms with Crippen LogP contribution in [0.2, 0.25) is 0 Å². The normalized spacial score (nSPS) is 23.4. The van der Waals surface area contributed by atoms with Crippen LogP contribution in [-0.4, -0.2) is 53.1 Å². The molecule has 2 aliphatic rings. The van der Waals surface area contributed by atoms with Crippen LogP contribution >= 0.6 is 0 Å². The molecule has 0 spiro atoms. The second kappa shape index (κ2) is 5.94. The molecule has 1 atom stereocenters. The van der Waals surface area contributed by atoms with Gasteiger partial charge in [0.25, 0.3) is 0 Å². The van der Waals surface area contributed by atoms with Crippen LogP contribution in [0.1, 0.15) is 24.0 Å². The van der Waals surface area contributed by atoms with E-state index in [0.29, 0.717) is 13.1 Å². The van der Waals surface area contributed by atoms with Gasteiger partial charge in [0.2, 0.25) is 5.91 Å². The number of β-amino-alcohol motifs (C(OH)–C–C–N with tert-alkyl or cyclic N) is 1. The highest BCUT2D eigenvalue weighted by Gasteiger charge is 2.24. The smallest absolute Gasteiger partial charge is 0.237 e. The van der Waals surface area contributed by atoms with Crippen LogP contribution in [0.25, 0.3) is 0 Å². The summed E-state index contributed by atoms with van der Waals surface area (Å²) in [5.74, 6) is 0.189. The topological polar surface area (TPSA) is 43.8 Å². The largest absolute Gasteiger partial charge is 0.392 e.